The highest BCUT2D eigenvalue weighted by Gasteiger charge is 2.21. The van der Waals surface area contributed by atoms with Crippen LogP contribution in [-0.4, -0.2) is 18.1 Å². The topological polar surface area (TPSA) is 42.1 Å². The maximum absolute atomic E-state index is 6.00. The van der Waals surface area contributed by atoms with E-state index in [9.17, 15) is 0 Å². The molecule has 110 valence electrons. The average Bonchev–Trinajstić information content (AvgIpc) is 2.46. The minimum atomic E-state index is 0.0535. The lowest BCUT2D eigenvalue weighted by molar-refractivity contribution is 0.472. The Bertz CT molecular complexity index is 468. The van der Waals surface area contributed by atoms with Gasteiger partial charge in [-0.1, -0.05) is 39.3 Å². The van der Waals surface area contributed by atoms with E-state index in [4.69, 9.17) is 5.73 Å². The minimum absolute atomic E-state index is 0.0535. The predicted octanol–water partition coefficient (Wildman–Crippen LogP) is 3.67. The van der Waals surface area contributed by atoms with E-state index in [-0.39, 0.29) is 6.04 Å². The summed E-state index contributed by atoms with van der Waals surface area (Å²) in [5.41, 5.74) is 10.0. The van der Waals surface area contributed by atoms with Crippen molar-refractivity contribution in [2.45, 2.75) is 46.6 Å². The van der Waals surface area contributed by atoms with Crippen LogP contribution in [0.2, 0.25) is 0 Å². The Morgan fingerprint density at radius 3 is 2.55 bits per heavy atom. The number of nitrogens with zero attached hydrogens (tertiary/aromatic N) is 2. The van der Waals surface area contributed by atoms with Gasteiger partial charge in [0.15, 0.2) is 0 Å². The Morgan fingerprint density at radius 1 is 1.35 bits per heavy atom. The van der Waals surface area contributed by atoms with Crippen LogP contribution in [0.15, 0.2) is 30.0 Å². The largest absolute Gasteiger partial charge is 0.366 e. The number of hydrogen-bond donors (Lipinski definition) is 1. The van der Waals surface area contributed by atoms with Gasteiger partial charge in [-0.05, 0) is 30.4 Å². The van der Waals surface area contributed by atoms with Crippen molar-refractivity contribution in [2.24, 2.45) is 11.1 Å². The minimum Gasteiger partial charge on any atom is -0.366 e. The van der Waals surface area contributed by atoms with Crippen molar-refractivity contribution in [3.63, 3.8) is 0 Å². The first-order chi connectivity index (χ1) is 9.41. The molecule has 0 aliphatic carbocycles. The van der Waals surface area contributed by atoms with Gasteiger partial charge in [-0.3, -0.25) is 4.98 Å². The number of anilines is 1. The Labute approximate surface area is 122 Å². The molecule has 0 unspecified atom stereocenters. The molecule has 3 nitrogen and oxygen atoms in total. The van der Waals surface area contributed by atoms with Crippen molar-refractivity contribution >= 4 is 5.69 Å². The van der Waals surface area contributed by atoms with E-state index in [2.05, 4.69) is 55.8 Å². The lowest BCUT2D eigenvalue weighted by atomic mass is 9.83. The van der Waals surface area contributed by atoms with Crippen molar-refractivity contribution in [1.29, 1.82) is 0 Å². The number of aromatic nitrogens is 1. The lowest BCUT2D eigenvalue weighted by Crippen LogP contribution is -2.31. The molecule has 2 rings (SSSR count). The molecular formula is C17H27N3. The van der Waals surface area contributed by atoms with Crippen molar-refractivity contribution in [1.82, 2.24) is 4.98 Å². The van der Waals surface area contributed by atoms with Gasteiger partial charge in [0.1, 0.15) is 0 Å². The molecule has 1 aliphatic rings. The summed E-state index contributed by atoms with van der Waals surface area (Å²) < 4.78 is 0. The molecule has 0 bridgehead atoms. The van der Waals surface area contributed by atoms with E-state index in [1.54, 1.807) is 5.57 Å². The van der Waals surface area contributed by atoms with Crippen molar-refractivity contribution in [2.75, 3.05) is 18.0 Å². The van der Waals surface area contributed by atoms with E-state index in [0.29, 0.717) is 5.41 Å². The van der Waals surface area contributed by atoms with Gasteiger partial charge in [0.2, 0.25) is 0 Å². The SMILES string of the molecule is CC[C@@H](N)c1ccc(N2CC=C(C(C)(C)C)CC2)cn1. The van der Waals surface area contributed by atoms with Crippen molar-refractivity contribution in [3.05, 3.63) is 35.7 Å². The summed E-state index contributed by atoms with van der Waals surface area (Å²) in [5, 5.41) is 0. The van der Waals surface area contributed by atoms with Gasteiger partial charge in [-0.2, -0.15) is 0 Å². The number of hydrogen-bond acceptors (Lipinski definition) is 3. The summed E-state index contributed by atoms with van der Waals surface area (Å²) in [5.74, 6) is 0. The monoisotopic (exact) mass is 273 g/mol. The van der Waals surface area contributed by atoms with Gasteiger partial charge in [0.25, 0.3) is 0 Å². The van der Waals surface area contributed by atoms with Crippen molar-refractivity contribution in [3.8, 4) is 0 Å². The van der Waals surface area contributed by atoms with E-state index in [1.165, 1.54) is 5.69 Å². The number of rotatable bonds is 3. The van der Waals surface area contributed by atoms with E-state index >= 15 is 0 Å². The van der Waals surface area contributed by atoms with Gasteiger partial charge in [-0.15, -0.1) is 0 Å². The fourth-order valence-corrected chi connectivity index (χ4v) is 2.60. The maximum Gasteiger partial charge on any atom is 0.0572 e. The molecule has 1 aromatic rings. The molecular weight excluding hydrogens is 246 g/mol. The van der Waals surface area contributed by atoms with Crippen LogP contribution in [0.5, 0.6) is 0 Å². The smallest absolute Gasteiger partial charge is 0.0572 e. The third-order valence-electron chi connectivity index (χ3n) is 4.13. The van der Waals surface area contributed by atoms with Gasteiger partial charge in [0, 0.05) is 19.1 Å². The Balaban J connectivity index is 2.06. The van der Waals surface area contributed by atoms with Crippen LogP contribution in [0.3, 0.4) is 0 Å². The molecule has 0 radical (unpaired) electrons. The van der Waals surface area contributed by atoms with Crippen LogP contribution in [0.25, 0.3) is 0 Å². The summed E-state index contributed by atoms with van der Waals surface area (Å²) in [6, 6.07) is 4.26. The van der Waals surface area contributed by atoms with Crippen LogP contribution in [0.4, 0.5) is 5.69 Å². The van der Waals surface area contributed by atoms with Crippen LogP contribution < -0.4 is 10.6 Å². The van der Waals surface area contributed by atoms with E-state index in [0.717, 1.165) is 31.6 Å². The predicted molar refractivity (Wildman–Crippen MR) is 85.8 cm³/mol. The highest BCUT2D eigenvalue weighted by molar-refractivity contribution is 5.47. The van der Waals surface area contributed by atoms with Crippen LogP contribution in [0, 0.1) is 5.41 Å². The van der Waals surface area contributed by atoms with Gasteiger partial charge in [0.05, 0.1) is 17.6 Å². The van der Waals surface area contributed by atoms with Gasteiger partial charge in [-0.25, -0.2) is 0 Å². The molecule has 0 aromatic carbocycles. The summed E-state index contributed by atoms with van der Waals surface area (Å²) >= 11 is 0. The summed E-state index contributed by atoms with van der Waals surface area (Å²) in [4.78, 5) is 6.88. The van der Waals surface area contributed by atoms with Crippen molar-refractivity contribution < 1.29 is 0 Å². The molecule has 0 saturated heterocycles. The summed E-state index contributed by atoms with van der Waals surface area (Å²) in [6.45, 7) is 11.0. The standard InChI is InChI=1S/C17H27N3/c1-5-15(18)16-7-6-14(12-19-16)20-10-8-13(9-11-20)17(2,3)4/h6-8,12,15H,5,9-11,18H2,1-4H3/t15-/m1/s1. The highest BCUT2D eigenvalue weighted by atomic mass is 15.1. The number of nitrogens with two attached hydrogens (primary N) is 1. The average molecular weight is 273 g/mol. The van der Waals surface area contributed by atoms with E-state index in [1.807, 2.05) is 6.20 Å². The normalized spacial score (nSPS) is 17.9. The third-order valence-corrected chi connectivity index (χ3v) is 4.13. The first-order valence-corrected chi connectivity index (χ1v) is 7.58. The zero-order chi connectivity index (χ0) is 14.8. The van der Waals surface area contributed by atoms with Gasteiger partial charge < -0.3 is 10.6 Å². The summed E-state index contributed by atoms with van der Waals surface area (Å²) in [7, 11) is 0. The fraction of sp³-hybridized carbons (Fsp3) is 0.588. The molecule has 0 spiro atoms. The molecule has 1 atom stereocenters. The molecule has 1 aliphatic heterocycles. The van der Waals surface area contributed by atoms with E-state index < -0.39 is 0 Å². The first-order valence-electron chi connectivity index (χ1n) is 7.58. The fourth-order valence-electron chi connectivity index (χ4n) is 2.60. The van der Waals surface area contributed by atoms with Crippen LogP contribution in [-0.2, 0) is 0 Å². The molecule has 1 aromatic heterocycles. The maximum atomic E-state index is 6.00. The number of pyridine rings is 1. The third kappa shape index (κ3) is 3.40. The quantitative estimate of drug-likeness (QED) is 0.854. The van der Waals surface area contributed by atoms with Crippen LogP contribution >= 0.6 is 0 Å². The second-order valence-corrected chi connectivity index (χ2v) is 6.63. The molecule has 3 heteroatoms. The van der Waals surface area contributed by atoms with Crippen LogP contribution in [0.1, 0.15) is 52.3 Å². The molecule has 20 heavy (non-hydrogen) atoms. The Hall–Kier alpha value is -1.35. The molecule has 2 N–H and O–H groups in total. The Morgan fingerprint density at radius 2 is 2.10 bits per heavy atom. The molecule has 0 saturated carbocycles. The first kappa shape index (κ1) is 15.0. The molecule has 0 amide bonds. The second-order valence-electron chi connectivity index (χ2n) is 6.63. The molecule has 2 heterocycles. The molecule has 0 fully saturated rings. The summed E-state index contributed by atoms with van der Waals surface area (Å²) in [6.07, 6.45) is 6.39. The zero-order valence-corrected chi connectivity index (χ0v) is 13.2. The Kier molecular flexibility index (Phi) is 4.48. The second kappa shape index (κ2) is 5.96. The zero-order valence-electron chi connectivity index (χ0n) is 13.2. The lowest BCUT2D eigenvalue weighted by Gasteiger charge is -2.33. The highest BCUT2D eigenvalue weighted by Crippen LogP contribution is 2.31. The van der Waals surface area contributed by atoms with Gasteiger partial charge >= 0.3 is 0 Å².